The van der Waals surface area contributed by atoms with Gasteiger partial charge in [-0.25, -0.2) is 0 Å². The molecule has 0 aromatic heterocycles. The van der Waals surface area contributed by atoms with Crippen LogP contribution in [0.15, 0.2) is 30.3 Å². The third kappa shape index (κ3) is 4.23. The second kappa shape index (κ2) is 6.19. The molecule has 0 bridgehead atoms. The Hall–Kier alpha value is 0.00688. The van der Waals surface area contributed by atoms with Crippen LogP contribution in [0.2, 0.25) is 18.1 Å². The van der Waals surface area contributed by atoms with E-state index in [1.54, 1.807) is 0 Å². The van der Waals surface area contributed by atoms with E-state index in [0.717, 1.165) is 5.30 Å². The maximum absolute atomic E-state index is 9.72. The monoisotopic (exact) mass is 316 g/mol. The average molecular weight is 316 g/mol. The van der Waals surface area contributed by atoms with Crippen molar-refractivity contribution in [3.8, 4) is 0 Å². The summed E-state index contributed by atoms with van der Waals surface area (Å²) < 4.78 is 6.23. The lowest BCUT2D eigenvalue weighted by Gasteiger charge is -2.37. The fraction of sp³-hybridized carbons (Fsp3) is 0.571. The van der Waals surface area contributed by atoms with Crippen molar-refractivity contribution in [3.63, 3.8) is 0 Å². The molecule has 0 saturated carbocycles. The zero-order chi connectivity index (χ0) is 14.7. The summed E-state index contributed by atoms with van der Waals surface area (Å²) in [6.07, 6.45) is 0.528. The van der Waals surface area contributed by atoms with Crippen LogP contribution < -0.4 is 5.30 Å². The molecular weight excluding hydrogens is 291 g/mol. The second-order valence-corrected chi connectivity index (χ2v) is 16.1. The highest BCUT2D eigenvalue weighted by molar-refractivity contribution is 8.18. The molecule has 0 heterocycles. The smallest absolute Gasteiger partial charge is 0.192 e. The van der Waals surface area contributed by atoms with Crippen LogP contribution >= 0.6 is 6.04 Å². The van der Waals surface area contributed by atoms with Gasteiger partial charge in [-0.05, 0) is 23.4 Å². The van der Waals surface area contributed by atoms with Gasteiger partial charge in [0.25, 0.3) is 0 Å². The number of aliphatic hydroxyl groups is 1. The fourth-order valence-electron chi connectivity index (χ4n) is 1.38. The third-order valence-corrected chi connectivity index (χ3v) is 12.2. The number of hydrogen-bond acceptors (Lipinski definition) is 3. The van der Waals surface area contributed by atoms with Crippen molar-refractivity contribution >= 4 is 31.5 Å². The normalized spacial score (nSPS) is 16.1. The molecule has 1 unspecified atom stereocenters. The summed E-state index contributed by atoms with van der Waals surface area (Å²) in [5.41, 5.74) is 0. The van der Waals surface area contributed by atoms with Gasteiger partial charge in [-0.3, -0.25) is 0 Å². The summed E-state index contributed by atoms with van der Waals surface area (Å²) in [7, 11) is -1.81. The summed E-state index contributed by atoms with van der Waals surface area (Å²) in [5.74, 6) is 0. The van der Waals surface area contributed by atoms with Gasteiger partial charge in [0, 0.05) is 6.04 Å². The van der Waals surface area contributed by atoms with Gasteiger partial charge >= 0.3 is 0 Å². The maximum atomic E-state index is 9.72. The quantitative estimate of drug-likeness (QED) is 0.663. The Morgan fingerprint density at radius 2 is 1.74 bits per heavy atom. The first-order chi connectivity index (χ1) is 8.62. The van der Waals surface area contributed by atoms with E-state index in [0.29, 0.717) is 6.35 Å². The van der Waals surface area contributed by atoms with E-state index in [2.05, 4.69) is 33.9 Å². The largest absolute Gasteiger partial charge is 0.412 e. The van der Waals surface area contributed by atoms with E-state index >= 15 is 0 Å². The SMILES string of the molecule is CC(C)(C)[Si](C)(C)OCP(=S)(CO)c1ccccc1. The lowest BCUT2D eigenvalue weighted by Crippen LogP contribution is -2.41. The van der Waals surface area contributed by atoms with Crippen molar-refractivity contribution in [1.29, 1.82) is 0 Å². The van der Waals surface area contributed by atoms with Crippen molar-refractivity contribution in [2.45, 2.75) is 38.9 Å². The first-order valence-electron chi connectivity index (χ1n) is 6.51. The van der Waals surface area contributed by atoms with Gasteiger partial charge in [0.2, 0.25) is 0 Å². The molecule has 1 rings (SSSR count). The molecule has 0 aliphatic rings. The molecule has 0 aliphatic carbocycles. The van der Waals surface area contributed by atoms with Gasteiger partial charge in [-0.15, -0.1) is 0 Å². The standard InChI is InChI=1S/C14H25O2PSSi/c1-14(2,3)19(4,5)16-12-17(18,11-15)13-9-7-6-8-10-13/h6-10,15H,11-12H2,1-5H3. The third-order valence-electron chi connectivity index (χ3n) is 3.90. The van der Waals surface area contributed by atoms with Crippen molar-refractivity contribution < 1.29 is 9.53 Å². The van der Waals surface area contributed by atoms with Gasteiger partial charge in [-0.2, -0.15) is 0 Å². The molecule has 2 nitrogen and oxygen atoms in total. The molecular formula is C14H25O2PSSi. The predicted octanol–water partition coefficient (Wildman–Crippen LogP) is 3.72. The summed E-state index contributed by atoms with van der Waals surface area (Å²) in [5, 5.41) is 10.9. The highest BCUT2D eigenvalue weighted by Gasteiger charge is 2.38. The van der Waals surface area contributed by atoms with E-state index in [1.165, 1.54) is 0 Å². The van der Waals surface area contributed by atoms with Crippen LogP contribution in [-0.4, -0.2) is 26.1 Å². The molecule has 0 spiro atoms. The lowest BCUT2D eigenvalue weighted by atomic mass is 10.2. The molecule has 0 amide bonds. The first kappa shape index (κ1) is 17.1. The molecule has 1 N–H and O–H groups in total. The fourth-order valence-corrected chi connectivity index (χ4v) is 5.89. The van der Waals surface area contributed by atoms with Crippen molar-refractivity contribution in [3.05, 3.63) is 30.3 Å². The average Bonchev–Trinajstić information content (AvgIpc) is 2.36. The summed E-state index contributed by atoms with van der Waals surface area (Å²) in [6.45, 7) is 11.1. The Kier molecular flexibility index (Phi) is 5.56. The molecule has 0 aliphatic heterocycles. The number of rotatable bonds is 5. The van der Waals surface area contributed by atoms with Crippen molar-refractivity contribution in [1.82, 2.24) is 0 Å². The molecule has 5 heteroatoms. The van der Waals surface area contributed by atoms with Crippen LogP contribution in [0.1, 0.15) is 20.8 Å². The Morgan fingerprint density at radius 1 is 1.21 bits per heavy atom. The van der Waals surface area contributed by atoms with Crippen LogP contribution in [-0.2, 0) is 16.2 Å². The Morgan fingerprint density at radius 3 is 2.16 bits per heavy atom. The molecule has 0 radical (unpaired) electrons. The van der Waals surface area contributed by atoms with Gasteiger partial charge in [0.1, 0.15) is 0 Å². The van der Waals surface area contributed by atoms with E-state index < -0.39 is 14.4 Å². The van der Waals surface area contributed by atoms with Gasteiger partial charge in [0.15, 0.2) is 8.32 Å². The van der Waals surface area contributed by atoms with Crippen LogP contribution in [0.3, 0.4) is 0 Å². The molecule has 1 atom stereocenters. The van der Waals surface area contributed by atoms with E-state index in [1.807, 2.05) is 30.3 Å². The molecule has 108 valence electrons. The highest BCUT2D eigenvalue weighted by Crippen LogP contribution is 2.46. The Labute approximate surface area is 123 Å². The first-order valence-corrected chi connectivity index (χ1v) is 12.6. The predicted molar refractivity (Wildman–Crippen MR) is 90.6 cm³/mol. The molecule has 1 aromatic rings. The molecule has 0 fully saturated rings. The van der Waals surface area contributed by atoms with Crippen LogP contribution in [0.25, 0.3) is 0 Å². The lowest BCUT2D eigenvalue weighted by molar-refractivity contribution is 0.335. The van der Waals surface area contributed by atoms with Crippen molar-refractivity contribution in [2.75, 3.05) is 12.7 Å². The minimum atomic E-state index is -2.02. The van der Waals surface area contributed by atoms with Gasteiger partial charge in [0.05, 0.1) is 12.7 Å². The number of hydrogen-bond donors (Lipinski definition) is 1. The van der Waals surface area contributed by atoms with E-state index in [9.17, 15) is 5.11 Å². The maximum Gasteiger partial charge on any atom is 0.192 e. The topological polar surface area (TPSA) is 29.5 Å². The summed E-state index contributed by atoms with van der Waals surface area (Å²) in [6, 6.07) is 7.90. The van der Waals surface area contributed by atoms with Gasteiger partial charge < -0.3 is 9.53 Å². The Bertz CT molecular complexity index is 454. The Balaban J connectivity index is 2.88. The molecule has 19 heavy (non-hydrogen) atoms. The van der Waals surface area contributed by atoms with E-state index in [-0.39, 0.29) is 11.4 Å². The second-order valence-electron chi connectivity index (χ2n) is 6.40. The van der Waals surface area contributed by atoms with Crippen LogP contribution in [0, 0.1) is 0 Å². The zero-order valence-electron chi connectivity index (χ0n) is 12.5. The molecule has 0 saturated heterocycles. The molecule has 1 aromatic carbocycles. The minimum Gasteiger partial charge on any atom is -0.412 e. The van der Waals surface area contributed by atoms with Crippen LogP contribution in [0.4, 0.5) is 0 Å². The number of aliphatic hydroxyl groups excluding tert-OH is 1. The highest BCUT2D eigenvalue weighted by atomic mass is 32.4. The van der Waals surface area contributed by atoms with E-state index in [4.69, 9.17) is 16.2 Å². The summed E-state index contributed by atoms with van der Waals surface area (Å²) in [4.78, 5) is 0. The number of benzene rings is 1. The zero-order valence-corrected chi connectivity index (χ0v) is 15.2. The van der Waals surface area contributed by atoms with Crippen molar-refractivity contribution in [2.24, 2.45) is 0 Å². The minimum absolute atomic E-state index is 0.0287. The summed E-state index contributed by atoms with van der Waals surface area (Å²) >= 11 is 5.72. The van der Waals surface area contributed by atoms with Gasteiger partial charge in [-0.1, -0.05) is 62.9 Å². The van der Waals surface area contributed by atoms with Crippen LogP contribution in [0.5, 0.6) is 0 Å².